The van der Waals surface area contributed by atoms with Crippen LogP contribution in [0.1, 0.15) is 42.1 Å². The monoisotopic (exact) mass is 646 g/mol. The van der Waals surface area contributed by atoms with Gasteiger partial charge in [0, 0.05) is 11.5 Å². The number of aliphatic hydroxyl groups excluding tert-OH is 2. The third-order valence-electron chi connectivity index (χ3n) is 9.56. The Morgan fingerprint density at radius 2 is 1.89 bits per heavy atom. The standard InChI is InChI=1S/C30H35ClN4O10/c1-11(35-7-5-6-16(35)29(43)45-4)28(42)33-20-15(31)10-13-8-12-9-14-21(34(2)3)24(38)19(27(32)41)26(40)30(14,44)25(39)18(12)22(36)17(13)23(20)37/h10-12,14,16,21,37-39,44H,5-9H2,1-4H3,(H2,32,41)(H,33,42)/t11?,12?,14?,16?,21-,30-/m0/s1. The predicted octanol–water partition coefficient (Wildman–Crippen LogP) is 0.738. The number of phenolic OH excluding ortho intramolecular Hbond substituents is 1. The number of likely N-dealkylation sites (N-methyl/N-ethyl adjacent to an activating group) is 1. The number of fused-ring (bicyclic) bond motifs is 3. The number of hydrogen-bond donors (Lipinski definition) is 6. The summed E-state index contributed by atoms with van der Waals surface area (Å²) in [5.41, 5.74) is 1.09. The molecule has 1 aromatic rings. The molecule has 4 aliphatic rings. The highest BCUT2D eigenvalue weighted by Gasteiger charge is 2.63. The number of rotatable bonds is 6. The molecule has 6 atom stereocenters. The largest absolute Gasteiger partial charge is 0.510 e. The summed E-state index contributed by atoms with van der Waals surface area (Å²) in [5, 5.41) is 47.8. The second kappa shape index (κ2) is 11.4. The van der Waals surface area contributed by atoms with Gasteiger partial charge < -0.3 is 36.2 Å². The Bertz CT molecular complexity index is 1600. The number of allylic oxidation sites excluding steroid dienone is 1. The van der Waals surface area contributed by atoms with Crippen molar-refractivity contribution in [2.24, 2.45) is 17.6 Å². The number of esters is 1. The maximum Gasteiger partial charge on any atom is 0.323 e. The van der Waals surface area contributed by atoms with Gasteiger partial charge >= 0.3 is 5.97 Å². The topological polar surface area (TPSA) is 220 Å². The van der Waals surface area contributed by atoms with E-state index in [1.807, 2.05) is 0 Å². The van der Waals surface area contributed by atoms with Crippen LogP contribution in [-0.2, 0) is 30.3 Å². The van der Waals surface area contributed by atoms with E-state index < -0.39 is 87.8 Å². The number of halogens is 1. The fraction of sp³-hybridized carbons (Fsp3) is 0.500. The Morgan fingerprint density at radius 1 is 1.22 bits per heavy atom. The molecule has 1 fully saturated rings. The van der Waals surface area contributed by atoms with Crippen LogP contribution in [0, 0.1) is 11.8 Å². The Balaban J connectivity index is 1.54. The van der Waals surface area contributed by atoms with Crippen molar-refractivity contribution in [2.45, 2.75) is 56.3 Å². The number of carbonyl (C=O) groups excluding carboxylic acids is 5. The van der Waals surface area contributed by atoms with Crippen molar-refractivity contribution in [1.82, 2.24) is 9.80 Å². The lowest BCUT2D eigenvalue weighted by atomic mass is 9.58. The molecule has 242 valence electrons. The number of nitrogens with zero attached hydrogens (tertiary/aromatic N) is 2. The zero-order valence-electron chi connectivity index (χ0n) is 25.1. The molecule has 5 rings (SSSR count). The second-order valence-corrected chi connectivity index (χ2v) is 12.6. The average Bonchev–Trinajstić information content (AvgIpc) is 3.45. The first-order valence-corrected chi connectivity index (χ1v) is 14.8. The summed E-state index contributed by atoms with van der Waals surface area (Å²) >= 11 is 6.50. The molecular formula is C30H35ClN4O10. The highest BCUT2D eigenvalue weighted by Crippen LogP contribution is 2.53. The van der Waals surface area contributed by atoms with Gasteiger partial charge in [-0.15, -0.1) is 0 Å². The minimum atomic E-state index is -2.77. The lowest BCUT2D eigenvalue weighted by Crippen LogP contribution is -2.63. The van der Waals surface area contributed by atoms with Crippen molar-refractivity contribution in [3.63, 3.8) is 0 Å². The highest BCUT2D eigenvalue weighted by atomic mass is 35.5. The molecule has 1 heterocycles. The van der Waals surface area contributed by atoms with Gasteiger partial charge in [-0.3, -0.25) is 33.8 Å². The number of ether oxygens (including phenoxy) is 1. The van der Waals surface area contributed by atoms with Crippen LogP contribution in [0.15, 0.2) is 28.7 Å². The van der Waals surface area contributed by atoms with Gasteiger partial charge in [0.05, 0.1) is 29.8 Å². The van der Waals surface area contributed by atoms with Crippen LogP contribution in [0.5, 0.6) is 5.75 Å². The number of anilines is 1. The normalized spacial score (nSPS) is 28.9. The van der Waals surface area contributed by atoms with Gasteiger partial charge in [0.15, 0.2) is 17.1 Å². The quantitative estimate of drug-likeness (QED) is 0.143. The van der Waals surface area contributed by atoms with Crippen molar-refractivity contribution in [3.05, 3.63) is 44.9 Å². The van der Waals surface area contributed by atoms with Crippen LogP contribution >= 0.6 is 11.6 Å². The molecule has 0 aromatic heterocycles. The van der Waals surface area contributed by atoms with Gasteiger partial charge in [-0.25, -0.2) is 0 Å². The van der Waals surface area contributed by atoms with E-state index in [9.17, 15) is 44.4 Å². The van der Waals surface area contributed by atoms with Crippen molar-refractivity contribution in [2.75, 3.05) is 33.1 Å². The van der Waals surface area contributed by atoms with E-state index in [1.54, 1.807) is 25.9 Å². The summed E-state index contributed by atoms with van der Waals surface area (Å²) in [5.74, 6) is -8.93. The van der Waals surface area contributed by atoms with Crippen molar-refractivity contribution >= 4 is 46.6 Å². The maximum absolute atomic E-state index is 14.0. The summed E-state index contributed by atoms with van der Waals surface area (Å²) in [6.45, 7) is 2.03. The summed E-state index contributed by atoms with van der Waals surface area (Å²) < 4.78 is 4.85. The molecule has 1 aromatic carbocycles. The van der Waals surface area contributed by atoms with E-state index in [4.69, 9.17) is 22.1 Å². The number of nitrogens with two attached hydrogens (primary N) is 1. The minimum absolute atomic E-state index is 0.0427. The SMILES string of the molecule is COC(=O)C1CCCN1C(C)C(=O)Nc1c(Cl)cc2c(c1O)C(=O)C1=C(O)[C@]3(O)C(=O)C(C(N)=O)=C(O)[C@@H](N(C)C)C3CC1C2. The zero-order valence-corrected chi connectivity index (χ0v) is 25.8. The molecule has 2 amide bonds. The van der Waals surface area contributed by atoms with Crippen LogP contribution in [-0.4, -0.2) is 111 Å². The maximum atomic E-state index is 14.0. The number of carbonyl (C=O) groups is 5. The number of Topliss-reactive ketones (excluding diaryl/α,β-unsaturated/α-hetero) is 2. The molecule has 0 saturated carbocycles. The molecular weight excluding hydrogens is 612 g/mol. The first kappa shape index (κ1) is 32.4. The number of ketones is 2. The number of primary amides is 1. The van der Waals surface area contributed by atoms with Crippen molar-refractivity contribution in [3.8, 4) is 5.75 Å². The van der Waals surface area contributed by atoms with Gasteiger partial charge in [0.2, 0.25) is 11.7 Å². The van der Waals surface area contributed by atoms with Gasteiger partial charge in [-0.05, 0) is 70.8 Å². The molecule has 4 unspecified atom stereocenters. The highest BCUT2D eigenvalue weighted by molar-refractivity contribution is 6.35. The summed E-state index contributed by atoms with van der Waals surface area (Å²) in [6.07, 6.45) is 1.14. The van der Waals surface area contributed by atoms with Crippen molar-refractivity contribution < 1.29 is 49.1 Å². The molecule has 0 spiro atoms. The Kier molecular flexibility index (Phi) is 8.23. The number of benzene rings is 1. The number of phenols is 1. The molecule has 0 bridgehead atoms. The molecule has 14 nitrogen and oxygen atoms in total. The first-order valence-electron chi connectivity index (χ1n) is 14.4. The smallest absolute Gasteiger partial charge is 0.323 e. The fourth-order valence-electron chi connectivity index (χ4n) is 7.41. The third kappa shape index (κ3) is 4.78. The van der Waals surface area contributed by atoms with E-state index >= 15 is 0 Å². The molecule has 7 N–H and O–H groups in total. The van der Waals surface area contributed by atoms with Crippen LogP contribution in [0.4, 0.5) is 5.69 Å². The van der Waals surface area contributed by atoms with E-state index in [0.717, 1.165) is 0 Å². The summed E-state index contributed by atoms with van der Waals surface area (Å²) in [4.78, 5) is 68.2. The lowest BCUT2D eigenvalue weighted by Gasteiger charge is -2.50. The van der Waals surface area contributed by atoms with Crippen LogP contribution < -0.4 is 11.1 Å². The number of aromatic hydroxyl groups is 1. The molecule has 0 radical (unpaired) electrons. The minimum Gasteiger partial charge on any atom is -0.510 e. The van der Waals surface area contributed by atoms with Crippen LogP contribution in [0.2, 0.25) is 5.02 Å². The van der Waals surface area contributed by atoms with Gasteiger partial charge in [-0.1, -0.05) is 11.6 Å². The number of hydrogen-bond acceptors (Lipinski definition) is 12. The van der Waals surface area contributed by atoms with Crippen LogP contribution in [0.3, 0.4) is 0 Å². The zero-order chi connectivity index (χ0) is 33.3. The average molecular weight is 647 g/mol. The molecule has 15 heteroatoms. The third-order valence-corrected chi connectivity index (χ3v) is 9.86. The van der Waals surface area contributed by atoms with E-state index in [1.165, 1.54) is 18.1 Å². The Morgan fingerprint density at radius 3 is 2.49 bits per heavy atom. The first-order chi connectivity index (χ1) is 21.1. The summed E-state index contributed by atoms with van der Waals surface area (Å²) in [7, 11) is 4.35. The Hall–Kier alpha value is -3.98. The van der Waals surface area contributed by atoms with Crippen molar-refractivity contribution in [1.29, 1.82) is 0 Å². The predicted molar refractivity (Wildman–Crippen MR) is 159 cm³/mol. The molecule has 3 aliphatic carbocycles. The van der Waals surface area contributed by atoms with Gasteiger partial charge in [0.25, 0.3) is 5.91 Å². The number of nitrogens with one attached hydrogen (secondary N) is 1. The lowest BCUT2D eigenvalue weighted by molar-refractivity contribution is -0.149. The van der Waals surface area contributed by atoms with Gasteiger partial charge in [0.1, 0.15) is 28.8 Å². The van der Waals surface area contributed by atoms with Gasteiger partial charge in [-0.2, -0.15) is 0 Å². The van der Waals surface area contributed by atoms with E-state index in [2.05, 4.69) is 5.32 Å². The number of methoxy groups -OCH3 is 1. The molecule has 45 heavy (non-hydrogen) atoms. The molecule has 1 aliphatic heterocycles. The van der Waals surface area contributed by atoms with E-state index in [0.29, 0.717) is 24.9 Å². The molecule has 1 saturated heterocycles. The number of aliphatic hydroxyl groups is 3. The van der Waals surface area contributed by atoms with Crippen LogP contribution in [0.25, 0.3) is 0 Å². The fourth-order valence-corrected chi connectivity index (χ4v) is 7.68. The van der Waals surface area contributed by atoms with E-state index in [-0.39, 0.29) is 34.7 Å². The number of likely N-dealkylation sites (tertiary alicyclic amines) is 1. The second-order valence-electron chi connectivity index (χ2n) is 12.2. The number of amides is 2. The summed E-state index contributed by atoms with van der Waals surface area (Å²) in [6, 6.07) is -1.17. The Labute approximate surface area is 263 Å².